The van der Waals surface area contributed by atoms with E-state index < -0.39 is 86.8 Å². The van der Waals surface area contributed by atoms with Crippen molar-refractivity contribution in [3.63, 3.8) is 0 Å². The van der Waals surface area contributed by atoms with Gasteiger partial charge in [-0.2, -0.15) is 13.2 Å². The average Bonchev–Trinajstić information content (AvgIpc) is 3.10. The first kappa shape index (κ1) is 32.4. The number of amides is 3. The molecule has 226 valence electrons. The number of halogens is 5. The topological polar surface area (TPSA) is 145 Å². The minimum atomic E-state index is -4.86. The molecule has 3 fully saturated rings. The number of nitrogens with one attached hydrogen (secondary N) is 2. The van der Waals surface area contributed by atoms with Crippen molar-refractivity contribution < 1.29 is 41.9 Å². The van der Waals surface area contributed by atoms with Crippen molar-refractivity contribution in [2.45, 2.75) is 94.9 Å². The first-order valence-corrected chi connectivity index (χ1v) is 14.0. The molecule has 0 aromatic carbocycles. The maximum Gasteiger partial charge on any atom is 0.427 e. The number of hydrogen-bond acceptors (Lipinski definition) is 6. The summed E-state index contributed by atoms with van der Waals surface area (Å²) in [4.78, 5) is 64.1. The molecule has 0 heterocycles. The second kappa shape index (κ2) is 11.0. The summed E-state index contributed by atoms with van der Waals surface area (Å²) in [5.41, 5.74) is 1.39. The molecule has 14 heteroatoms. The number of carbonyl (C=O) groups excluding carboxylic acids is 5. The van der Waals surface area contributed by atoms with Crippen LogP contribution in [-0.2, 0) is 23.9 Å². The summed E-state index contributed by atoms with van der Waals surface area (Å²) >= 11 is 12.8. The summed E-state index contributed by atoms with van der Waals surface area (Å²) in [6, 6.07) is -2.51. The van der Waals surface area contributed by atoms with Gasteiger partial charge in [-0.05, 0) is 43.9 Å². The van der Waals surface area contributed by atoms with E-state index in [9.17, 15) is 37.1 Å². The molecule has 9 nitrogen and oxygen atoms in total. The van der Waals surface area contributed by atoms with Gasteiger partial charge in [0.2, 0.25) is 17.3 Å². The van der Waals surface area contributed by atoms with Gasteiger partial charge in [0.15, 0.2) is 5.78 Å². The van der Waals surface area contributed by atoms with Crippen LogP contribution in [0.4, 0.5) is 18.0 Å². The van der Waals surface area contributed by atoms with Gasteiger partial charge in [0.05, 0.1) is 18.0 Å². The molecule has 0 aliphatic heterocycles. The van der Waals surface area contributed by atoms with Gasteiger partial charge in [-0.3, -0.25) is 19.2 Å². The van der Waals surface area contributed by atoms with Gasteiger partial charge in [0.25, 0.3) is 5.91 Å². The molecule has 40 heavy (non-hydrogen) atoms. The molecule has 0 aromatic heterocycles. The average molecular weight is 614 g/mol. The number of alkyl carbamates (subject to hydrolysis) is 1. The van der Waals surface area contributed by atoms with E-state index >= 15 is 0 Å². The fourth-order valence-electron chi connectivity index (χ4n) is 5.62. The highest BCUT2D eigenvalue weighted by molar-refractivity contribution is 6.51. The minimum Gasteiger partial charge on any atom is -0.434 e. The van der Waals surface area contributed by atoms with Crippen LogP contribution >= 0.6 is 23.2 Å². The molecule has 0 aromatic rings. The molecule has 3 aliphatic carbocycles. The third-order valence-corrected chi connectivity index (χ3v) is 9.44. The zero-order valence-corrected chi connectivity index (χ0v) is 24.5. The van der Waals surface area contributed by atoms with Crippen LogP contribution in [-0.4, -0.2) is 57.7 Å². The summed E-state index contributed by atoms with van der Waals surface area (Å²) in [7, 11) is 0. The number of rotatable bonds is 10. The predicted molar refractivity (Wildman–Crippen MR) is 139 cm³/mol. The molecule has 2 unspecified atom stereocenters. The third-order valence-electron chi connectivity index (χ3n) is 8.37. The first-order chi connectivity index (χ1) is 18.1. The van der Waals surface area contributed by atoms with E-state index in [0.717, 1.165) is 19.3 Å². The van der Waals surface area contributed by atoms with Crippen LogP contribution in [0.15, 0.2) is 0 Å². The Bertz CT molecular complexity index is 1070. The van der Waals surface area contributed by atoms with E-state index in [1.807, 2.05) is 0 Å². The van der Waals surface area contributed by atoms with E-state index in [1.165, 1.54) is 0 Å². The summed E-state index contributed by atoms with van der Waals surface area (Å²) in [5.74, 6) is -6.55. The molecule has 3 saturated carbocycles. The van der Waals surface area contributed by atoms with E-state index in [0.29, 0.717) is 13.8 Å². The largest absolute Gasteiger partial charge is 0.434 e. The maximum atomic E-state index is 13.8. The Morgan fingerprint density at radius 3 is 2.05 bits per heavy atom. The van der Waals surface area contributed by atoms with E-state index in [2.05, 4.69) is 15.4 Å². The summed E-state index contributed by atoms with van der Waals surface area (Å²) in [6.07, 6.45) is -3.37. The van der Waals surface area contributed by atoms with Gasteiger partial charge in [-0.1, -0.05) is 40.0 Å². The molecule has 3 aliphatic rings. The number of fused-ring (bicyclic) bond motifs is 1. The molecular formula is C26H36Cl2F3N3O6. The summed E-state index contributed by atoms with van der Waals surface area (Å²) in [5, 5.41) is 4.85. The Morgan fingerprint density at radius 2 is 1.60 bits per heavy atom. The van der Waals surface area contributed by atoms with Gasteiger partial charge >= 0.3 is 12.3 Å². The van der Waals surface area contributed by atoms with Gasteiger partial charge in [0.1, 0.15) is 4.33 Å². The Kier molecular flexibility index (Phi) is 8.89. The smallest absolute Gasteiger partial charge is 0.427 e. The lowest BCUT2D eigenvalue weighted by Crippen LogP contribution is -2.56. The number of primary amides is 1. The summed E-state index contributed by atoms with van der Waals surface area (Å²) in [6.45, 7) is 6.16. The standard InChI is InChI=1S/C26H36Cl2F3N3O6/c1-23(2,3)19(34-22(39)40-24(4,5)26(29,30)31)17(35)12-10-13-16(25(13,27)28)15(12)21(38)33-14(18(36)20(32)37)9-11-7-6-8-11/h11-16,19H,6-10H2,1-5H3,(H2,32,37)(H,33,38)(H,34,39)/t12?,13-,14?,15-,16-,19+/m0/s1. The monoisotopic (exact) mass is 613 g/mol. The minimum absolute atomic E-state index is 0.0863. The van der Waals surface area contributed by atoms with Crippen LogP contribution in [0, 0.1) is 35.0 Å². The Balaban J connectivity index is 1.83. The van der Waals surface area contributed by atoms with Crippen LogP contribution in [0.5, 0.6) is 0 Å². The SMILES string of the molecule is CC(C)(C)[C@H](NC(=O)OC(C)(C)C(F)(F)F)C(=O)C1C[C@H]2[C@@H]([C@H]1C(=O)NC(CC1CCC1)C(=O)C(N)=O)C2(Cl)Cl. The predicted octanol–water partition coefficient (Wildman–Crippen LogP) is 3.82. The van der Waals surface area contributed by atoms with Crippen molar-refractivity contribution >= 4 is 52.7 Å². The highest BCUT2D eigenvalue weighted by atomic mass is 35.5. The number of Topliss-reactive ketones (excluding diaryl/α,β-unsaturated/α-hetero) is 2. The van der Waals surface area contributed by atoms with Crippen LogP contribution < -0.4 is 16.4 Å². The Morgan fingerprint density at radius 1 is 1.02 bits per heavy atom. The van der Waals surface area contributed by atoms with Crippen LogP contribution in [0.3, 0.4) is 0 Å². The highest BCUT2D eigenvalue weighted by Gasteiger charge is 2.74. The summed E-state index contributed by atoms with van der Waals surface area (Å²) < 4.78 is 43.1. The molecule has 6 atom stereocenters. The number of alkyl halides is 5. The van der Waals surface area contributed by atoms with Gasteiger partial charge in [-0.25, -0.2) is 4.79 Å². The Labute approximate surface area is 240 Å². The molecule has 3 amide bonds. The molecule has 3 rings (SSSR count). The molecule has 0 radical (unpaired) electrons. The maximum absolute atomic E-state index is 13.8. The lowest BCUT2D eigenvalue weighted by atomic mass is 9.75. The fraction of sp³-hybridized carbons (Fsp3) is 0.808. The van der Waals surface area contributed by atoms with Crippen molar-refractivity contribution in [2.75, 3.05) is 0 Å². The number of carbonyl (C=O) groups is 5. The normalized spacial score (nSPS) is 27.4. The van der Waals surface area contributed by atoms with E-state index in [1.54, 1.807) is 20.8 Å². The van der Waals surface area contributed by atoms with Crippen LogP contribution in [0.2, 0.25) is 0 Å². The zero-order valence-electron chi connectivity index (χ0n) is 23.0. The quantitative estimate of drug-likeness (QED) is 0.252. The molecule has 0 spiro atoms. The number of ether oxygens (including phenoxy) is 1. The molecule has 0 bridgehead atoms. The lowest BCUT2D eigenvalue weighted by Gasteiger charge is -2.36. The van der Waals surface area contributed by atoms with Crippen molar-refractivity contribution in [1.29, 1.82) is 0 Å². The Hall–Kier alpha value is -2.08. The highest BCUT2D eigenvalue weighted by Crippen LogP contribution is 2.71. The second-order valence-corrected chi connectivity index (χ2v) is 14.2. The van der Waals surface area contributed by atoms with Crippen molar-refractivity contribution in [3.8, 4) is 0 Å². The van der Waals surface area contributed by atoms with E-state index in [4.69, 9.17) is 28.9 Å². The number of nitrogens with two attached hydrogens (primary N) is 1. The van der Waals surface area contributed by atoms with Crippen LogP contribution in [0.25, 0.3) is 0 Å². The zero-order chi connectivity index (χ0) is 30.6. The van der Waals surface area contributed by atoms with Crippen molar-refractivity contribution in [1.82, 2.24) is 10.6 Å². The number of hydrogen-bond donors (Lipinski definition) is 3. The lowest BCUT2D eigenvalue weighted by molar-refractivity contribution is -0.244. The fourth-order valence-corrected chi connectivity index (χ4v) is 6.52. The molecule has 4 N–H and O–H groups in total. The van der Waals surface area contributed by atoms with Crippen LogP contribution in [0.1, 0.15) is 66.7 Å². The van der Waals surface area contributed by atoms with Crippen molar-refractivity contribution in [3.05, 3.63) is 0 Å². The second-order valence-electron chi connectivity index (χ2n) is 12.7. The van der Waals surface area contributed by atoms with Gasteiger partial charge < -0.3 is 21.1 Å². The molecular weight excluding hydrogens is 578 g/mol. The molecule has 0 saturated heterocycles. The van der Waals surface area contributed by atoms with E-state index in [-0.39, 0.29) is 18.8 Å². The first-order valence-electron chi connectivity index (χ1n) is 13.2. The van der Waals surface area contributed by atoms with Crippen molar-refractivity contribution in [2.24, 2.45) is 40.7 Å². The third kappa shape index (κ3) is 6.53. The number of ketones is 2. The van der Waals surface area contributed by atoms with Gasteiger partial charge in [-0.15, -0.1) is 23.2 Å². The van der Waals surface area contributed by atoms with Gasteiger partial charge in [0, 0.05) is 11.8 Å².